The average Bonchev–Trinajstić information content (AvgIpc) is 3.34. The number of aryl methyl sites for hydroxylation is 1. The van der Waals surface area contributed by atoms with E-state index in [4.69, 9.17) is 4.74 Å². The number of likely N-dealkylation sites (tertiary alicyclic amines) is 1. The third-order valence-electron chi connectivity index (χ3n) is 5.27. The van der Waals surface area contributed by atoms with Gasteiger partial charge in [-0.2, -0.15) is 0 Å². The maximum Gasteiger partial charge on any atom is 0.339 e. The third-order valence-corrected chi connectivity index (χ3v) is 5.27. The summed E-state index contributed by atoms with van der Waals surface area (Å²) in [5.41, 5.74) is 4.04. The average molecular weight is 337 g/mol. The van der Waals surface area contributed by atoms with Gasteiger partial charge in [0.1, 0.15) is 0 Å². The van der Waals surface area contributed by atoms with E-state index in [1.165, 1.54) is 31.2 Å². The molecule has 3 heterocycles. The molecule has 1 aliphatic heterocycles. The van der Waals surface area contributed by atoms with E-state index < -0.39 is 0 Å². The highest BCUT2D eigenvalue weighted by molar-refractivity contribution is 6.03. The zero-order valence-electron chi connectivity index (χ0n) is 14.7. The Morgan fingerprint density at radius 3 is 2.96 bits per heavy atom. The summed E-state index contributed by atoms with van der Waals surface area (Å²) in [6, 6.07) is 10.6. The van der Waals surface area contributed by atoms with E-state index in [0.29, 0.717) is 11.6 Å². The monoisotopic (exact) mass is 337 g/mol. The maximum atomic E-state index is 12.0. The Hall–Kier alpha value is -2.53. The fourth-order valence-electron chi connectivity index (χ4n) is 4.01. The molecule has 2 aromatic heterocycles. The normalized spacial score (nSPS) is 18.1. The number of nitrogens with zero attached hydrogens (tertiary/aromatic N) is 2. The Morgan fingerprint density at radius 2 is 2.20 bits per heavy atom. The molecule has 1 saturated heterocycles. The van der Waals surface area contributed by atoms with Crippen LogP contribution < -0.4 is 0 Å². The van der Waals surface area contributed by atoms with Crippen LogP contribution in [-0.4, -0.2) is 34.1 Å². The lowest BCUT2D eigenvalue weighted by Crippen LogP contribution is -2.24. The van der Waals surface area contributed by atoms with Gasteiger partial charge in [0.2, 0.25) is 0 Å². The van der Waals surface area contributed by atoms with Crippen molar-refractivity contribution in [3.63, 3.8) is 0 Å². The molecular weight excluding hydrogens is 314 g/mol. The molecule has 0 aliphatic carbocycles. The molecule has 25 heavy (non-hydrogen) atoms. The molecule has 0 amide bonds. The van der Waals surface area contributed by atoms with Gasteiger partial charge < -0.3 is 14.3 Å². The zero-order valence-corrected chi connectivity index (χ0v) is 14.7. The molecule has 0 bridgehead atoms. The first-order valence-electron chi connectivity index (χ1n) is 8.71. The van der Waals surface area contributed by atoms with E-state index in [2.05, 4.69) is 45.9 Å². The van der Waals surface area contributed by atoms with Crippen LogP contribution in [0.25, 0.3) is 10.9 Å². The molecule has 1 aromatic carbocycles. The van der Waals surface area contributed by atoms with Crippen molar-refractivity contribution >= 4 is 16.9 Å². The highest BCUT2D eigenvalue weighted by Crippen LogP contribution is 2.34. The molecule has 3 aromatic rings. The Labute approximate surface area is 147 Å². The number of fused-ring (bicyclic) bond motifs is 1. The lowest BCUT2D eigenvalue weighted by atomic mass is 10.1. The summed E-state index contributed by atoms with van der Waals surface area (Å²) < 4.78 is 7.11. The molecule has 1 atom stereocenters. The van der Waals surface area contributed by atoms with Gasteiger partial charge in [0, 0.05) is 37.1 Å². The summed E-state index contributed by atoms with van der Waals surface area (Å²) in [6.45, 7) is 1.97. The van der Waals surface area contributed by atoms with Crippen LogP contribution in [0.4, 0.5) is 0 Å². The second kappa shape index (κ2) is 6.41. The predicted molar refractivity (Wildman–Crippen MR) is 97.4 cm³/mol. The molecule has 130 valence electrons. The minimum Gasteiger partial charge on any atom is -0.465 e. The Balaban J connectivity index is 1.65. The fourth-order valence-corrected chi connectivity index (χ4v) is 4.01. The number of aromatic nitrogens is 2. The van der Waals surface area contributed by atoms with E-state index in [-0.39, 0.29) is 5.97 Å². The first-order chi connectivity index (χ1) is 12.2. The van der Waals surface area contributed by atoms with Crippen LogP contribution in [0.3, 0.4) is 0 Å². The molecule has 0 spiro atoms. The summed E-state index contributed by atoms with van der Waals surface area (Å²) in [6.07, 6.45) is 6.54. The minimum atomic E-state index is -0.304. The van der Waals surface area contributed by atoms with E-state index in [0.717, 1.165) is 24.0 Å². The zero-order chi connectivity index (χ0) is 17.4. The van der Waals surface area contributed by atoms with Gasteiger partial charge in [-0.1, -0.05) is 12.1 Å². The standard InChI is InChI=1S/C20H23N3O2/c1-22-10-4-8-17(22)18-9-5-11-23(18)13-14-12-21-19-15(14)6-3-7-16(19)20(24)25-2/h3-4,6-8,10,12,18,21H,5,9,11,13H2,1-2H3. The summed E-state index contributed by atoms with van der Waals surface area (Å²) in [5.74, 6) is -0.304. The molecule has 5 nitrogen and oxygen atoms in total. The molecule has 5 heteroatoms. The van der Waals surface area contributed by atoms with Crippen molar-refractivity contribution in [2.24, 2.45) is 7.05 Å². The number of benzene rings is 1. The van der Waals surface area contributed by atoms with Crippen molar-refractivity contribution in [1.29, 1.82) is 0 Å². The Morgan fingerprint density at radius 1 is 1.32 bits per heavy atom. The second-order valence-electron chi connectivity index (χ2n) is 6.71. The number of hydrogen-bond donors (Lipinski definition) is 1. The first-order valence-corrected chi connectivity index (χ1v) is 8.71. The van der Waals surface area contributed by atoms with E-state index in [1.807, 2.05) is 12.3 Å². The lowest BCUT2D eigenvalue weighted by molar-refractivity contribution is 0.0603. The quantitative estimate of drug-likeness (QED) is 0.740. The SMILES string of the molecule is COC(=O)c1cccc2c(CN3CCCC3c3cccn3C)c[nH]c12. The van der Waals surface area contributed by atoms with Crippen molar-refractivity contribution < 1.29 is 9.53 Å². The van der Waals surface area contributed by atoms with Crippen molar-refractivity contribution in [1.82, 2.24) is 14.5 Å². The molecule has 1 fully saturated rings. The highest BCUT2D eigenvalue weighted by atomic mass is 16.5. The summed E-state index contributed by atoms with van der Waals surface area (Å²) in [7, 11) is 3.53. The van der Waals surface area contributed by atoms with Gasteiger partial charge in [-0.15, -0.1) is 0 Å². The minimum absolute atomic E-state index is 0.304. The molecule has 4 rings (SSSR count). The van der Waals surface area contributed by atoms with Crippen molar-refractivity contribution in [3.8, 4) is 0 Å². The van der Waals surface area contributed by atoms with Gasteiger partial charge in [0.05, 0.1) is 24.2 Å². The van der Waals surface area contributed by atoms with Crippen LogP contribution in [0.1, 0.15) is 40.5 Å². The number of ether oxygens (including phenoxy) is 1. The number of carbonyl (C=O) groups is 1. The number of aromatic amines is 1. The van der Waals surface area contributed by atoms with Crippen LogP contribution in [0.15, 0.2) is 42.7 Å². The van der Waals surface area contributed by atoms with Crippen LogP contribution in [0.2, 0.25) is 0 Å². The highest BCUT2D eigenvalue weighted by Gasteiger charge is 2.28. The maximum absolute atomic E-state index is 12.0. The van der Waals surface area contributed by atoms with Crippen molar-refractivity contribution in [2.45, 2.75) is 25.4 Å². The molecule has 0 radical (unpaired) electrons. The lowest BCUT2D eigenvalue weighted by Gasteiger charge is -2.25. The number of H-pyrrole nitrogens is 1. The van der Waals surface area contributed by atoms with Crippen molar-refractivity contribution in [2.75, 3.05) is 13.7 Å². The molecular formula is C20H23N3O2. The topological polar surface area (TPSA) is 50.3 Å². The number of nitrogens with one attached hydrogen (secondary N) is 1. The van der Waals surface area contributed by atoms with E-state index >= 15 is 0 Å². The Bertz CT molecular complexity index is 909. The summed E-state index contributed by atoms with van der Waals surface area (Å²) in [5, 5.41) is 1.10. The number of methoxy groups -OCH3 is 1. The van der Waals surface area contributed by atoms with Crippen molar-refractivity contribution in [3.05, 3.63) is 59.5 Å². The Kier molecular flexibility index (Phi) is 4.09. The van der Waals surface area contributed by atoms with Gasteiger partial charge in [0.25, 0.3) is 0 Å². The number of para-hydroxylation sites is 1. The summed E-state index contributed by atoms with van der Waals surface area (Å²) >= 11 is 0. The smallest absolute Gasteiger partial charge is 0.339 e. The van der Waals surface area contributed by atoms with Crippen LogP contribution in [0.5, 0.6) is 0 Å². The van der Waals surface area contributed by atoms with E-state index in [1.54, 1.807) is 6.07 Å². The fraction of sp³-hybridized carbons (Fsp3) is 0.350. The molecule has 1 N–H and O–H groups in total. The predicted octanol–water partition coefficient (Wildman–Crippen LogP) is 3.63. The third kappa shape index (κ3) is 2.74. The largest absolute Gasteiger partial charge is 0.465 e. The van der Waals surface area contributed by atoms with Gasteiger partial charge in [-0.25, -0.2) is 4.79 Å². The summed E-state index contributed by atoms with van der Waals surface area (Å²) in [4.78, 5) is 17.8. The molecule has 1 unspecified atom stereocenters. The molecule has 0 saturated carbocycles. The number of rotatable bonds is 4. The number of carbonyl (C=O) groups excluding carboxylic acids is 1. The van der Waals surface area contributed by atoms with Gasteiger partial charge in [0.15, 0.2) is 0 Å². The first kappa shape index (κ1) is 16.0. The number of hydrogen-bond acceptors (Lipinski definition) is 3. The van der Waals surface area contributed by atoms with Crippen LogP contribution in [-0.2, 0) is 18.3 Å². The molecule has 1 aliphatic rings. The van der Waals surface area contributed by atoms with E-state index in [9.17, 15) is 4.79 Å². The van der Waals surface area contributed by atoms with Gasteiger partial charge in [-0.3, -0.25) is 4.90 Å². The van der Waals surface area contributed by atoms with Crippen LogP contribution >= 0.6 is 0 Å². The second-order valence-corrected chi connectivity index (χ2v) is 6.71. The van der Waals surface area contributed by atoms with Gasteiger partial charge >= 0.3 is 5.97 Å². The van der Waals surface area contributed by atoms with Crippen LogP contribution in [0, 0.1) is 0 Å². The van der Waals surface area contributed by atoms with Gasteiger partial charge in [-0.05, 0) is 43.1 Å². The number of esters is 1.